The molecule has 0 radical (unpaired) electrons. The van der Waals surface area contributed by atoms with Crippen LogP contribution in [-0.4, -0.2) is 77.0 Å². The second-order valence-electron chi connectivity index (χ2n) is 8.23. The zero-order valence-electron chi connectivity index (χ0n) is 19.7. The van der Waals surface area contributed by atoms with E-state index in [4.69, 9.17) is 0 Å². The first kappa shape index (κ1) is 26.1. The highest BCUT2D eigenvalue weighted by atomic mass is 32.2. The Morgan fingerprint density at radius 2 is 1.61 bits per heavy atom. The zero-order chi connectivity index (χ0) is 26.1. The molecule has 192 valence electrons. The summed E-state index contributed by atoms with van der Waals surface area (Å²) < 4.78 is 52.1. The molecule has 0 atom stereocenters. The number of sulfone groups is 1. The van der Waals surface area contributed by atoms with Crippen LogP contribution in [0.25, 0.3) is 10.1 Å². The van der Waals surface area contributed by atoms with E-state index in [0.29, 0.717) is 22.5 Å². The van der Waals surface area contributed by atoms with Gasteiger partial charge in [0.05, 0.1) is 15.4 Å². The molecule has 0 spiro atoms. The quantitative estimate of drug-likeness (QED) is 0.485. The summed E-state index contributed by atoms with van der Waals surface area (Å²) in [7, 11) is -7.51. The van der Waals surface area contributed by atoms with Gasteiger partial charge in [0.2, 0.25) is 10.0 Å². The maximum atomic E-state index is 13.5. The summed E-state index contributed by atoms with van der Waals surface area (Å²) in [6.07, 6.45) is 1.02. The number of rotatable bonds is 6. The molecule has 2 heterocycles. The molecule has 4 rings (SSSR count). The van der Waals surface area contributed by atoms with Crippen LogP contribution in [0.3, 0.4) is 0 Å². The van der Waals surface area contributed by atoms with Gasteiger partial charge in [0.1, 0.15) is 5.00 Å². The number of fused-ring (bicyclic) bond motifs is 1. The Morgan fingerprint density at radius 1 is 0.944 bits per heavy atom. The Balaban J connectivity index is 1.55. The fraction of sp³-hybridized carbons (Fsp3) is 0.304. The Morgan fingerprint density at radius 3 is 2.28 bits per heavy atom. The first-order valence-electron chi connectivity index (χ1n) is 11.2. The average molecular weight is 551 g/mol. The van der Waals surface area contributed by atoms with Gasteiger partial charge in [0.25, 0.3) is 5.91 Å². The molecule has 1 aliphatic heterocycles. The van der Waals surface area contributed by atoms with Gasteiger partial charge in [-0.1, -0.05) is 24.3 Å². The summed E-state index contributed by atoms with van der Waals surface area (Å²) in [5, 5.41) is 6.56. The van der Waals surface area contributed by atoms with E-state index < -0.39 is 25.9 Å². The molecule has 0 saturated carbocycles. The lowest BCUT2D eigenvalue weighted by atomic mass is 10.1. The summed E-state index contributed by atoms with van der Waals surface area (Å²) in [5.74, 6) is -0.296. The standard InChI is InChI=1S/C23H26N4O6S3/c1-3-24-23(29)25-21-20(18-9-4-5-10-19(18)34-21)22(28)26-11-13-27(14-12-26)36(32,33)17-8-6-7-16(15-17)35(2,30)31/h4-10,15H,3,11-14H2,1-2H3,(H2,24,25,29). The van der Waals surface area contributed by atoms with Gasteiger partial charge in [-0.25, -0.2) is 21.6 Å². The number of nitrogens with one attached hydrogen (secondary N) is 2. The third-order valence-corrected chi connectivity index (χ3v) is 9.86. The summed E-state index contributed by atoms with van der Waals surface area (Å²) in [5.41, 5.74) is 0.374. The predicted molar refractivity (Wildman–Crippen MR) is 139 cm³/mol. The van der Waals surface area contributed by atoms with Crippen molar-refractivity contribution in [2.45, 2.75) is 16.7 Å². The Bertz CT molecular complexity index is 1520. The summed E-state index contributed by atoms with van der Waals surface area (Å²) in [6.45, 7) is 2.63. The lowest BCUT2D eigenvalue weighted by Gasteiger charge is -2.34. The number of carbonyl (C=O) groups excluding carboxylic acids is 2. The number of piperazine rings is 1. The maximum Gasteiger partial charge on any atom is 0.319 e. The van der Waals surface area contributed by atoms with Crippen molar-refractivity contribution < 1.29 is 26.4 Å². The molecular formula is C23H26N4O6S3. The molecule has 0 unspecified atom stereocenters. The molecule has 3 aromatic rings. The number of amides is 3. The summed E-state index contributed by atoms with van der Waals surface area (Å²) in [4.78, 5) is 27.1. The molecule has 2 N–H and O–H groups in total. The molecule has 10 nitrogen and oxygen atoms in total. The molecule has 36 heavy (non-hydrogen) atoms. The van der Waals surface area contributed by atoms with Crippen molar-refractivity contribution in [3.8, 4) is 0 Å². The van der Waals surface area contributed by atoms with E-state index in [2.05, 4.69) is 10.6 Å². The van der Waals surface area contributed by atoms with Gasteiger partial charge in [-0.3, -0.25) is 10.1 Å². The molecule has 1 aromatic heterocycles. The van der Waals surface area contributed by atoms with Crippen LogP contribution in [0.1, 0.15) is 17.3 Å². The highest BCUT2D eigenvalue weighted by molar-refractivity contribution is 7.91. The molecule has 1 fully saturated rings. The predicted octanol–water partition coefficient (Wildman–Crippen LogP) is 2.59. The van der Waals surface area contributed by atoms with Crippen molar-refractivity contribution >= 4 is 58.2 Å². The fourth-order valence-electron chi connectivity index (χ4n) is 3.96. The Labute approximate surface area is 213 Å². The van der Waals surface area contributed by atoms with Gasteiger partial charge in [0, 0.05) is 49.1 Å². The van der Waals surface area contributed by atoms with E-state index in [-0.39, 0.29) is 41.9 Å². The molecule has 1 saturated heterocycles. The van der Waals surface area contributed by atoms with Crippen molar-refractivity contribution in [3.63, 3.8) is 0 Å². The van der Waals surface area contributed by atoms with E-state index >= 15 is 0 Å². The van der Waals surface area contributed by atoms with Crippen LogP contribution in [0.2, 0.25) is 0 Å². The van der Waals surface area contributed by atoms with Crippen molar-refractivity contribution in [2.24, 2.45) is 0 Å². The highest BCUT2D eigenvalue weighted by Gasteiger charge is 2.33. The summed E-state index contributed by atoms with van der Waals surface area (Å²) in [6, 6.07) is 12.2. The molecule has 0 bridgehead atoms. The monoisotopic (exact) mass is 550 g/mol. The minimum atomic E-state index is -3.95. The third kappa shape index (κ3) is 5.24. The van der Waals surface area contributed by atoms with Gasteiger partial charge in [0.15, 0.2) is 9.84 Å². The number of benzene rings is 2. The number of carbonyl (C=O) groups is 2. The van der Waals surface area contributed by atoms with Crippen LogP contribution in [0, 0.1) is 0 Å². The smallest absolute Gasteiger partial charge is 0.319 e. The van der Waals surface area contributed by atoms with Crippen molar-refractivity contribution in [3.05, 3.63) is 54.1 Å². The van der Waals surface area contributed by atoms with Crippen LogP contribution < -0.4 is 10.6 Å². The molecule has 13 heteroatoms. The number of urea groups is 1. The van der Waals surface area contributed by atoms with Crippen LogP contribution in [0.4, 0.5) is 9.80 Å². The molecule has 3 amide bonds. The van der Waals surface area contributed by atoms with Crippen LogP contribution in [0.5, 0.6) is 0 Å². The van der Waals surface area contributed by atoms with Crippen molar-refractivity contribution in [1.82, 2.24) is 14.5 Å². The third-order valence-electron chi connectivity index (χ3n) is 5.77. The van der Waals surface area contributed by atoms with Gasteiger partial charge >= 0.3 is 6.03 Å². The second kappa shape index (κ2) is 10.2. The SMILES string of the molecule is CCNC(=O)Nc1sc2ccccc2c1C(=O)N1CCN(S(=O)(=O)c2cccc(S(C)(=O)=O)c2)CC1. The molecule has 0 aliphatic carbocycles. The van der Waals surface area contributed by atoms with E-state index in [1.807, 2.05) is 24.3 Å². The minimum Gasteiger partial charge on any atom is -0.338 e. The lowest BCUT2D eigenvalue weighted by Crippen LogP contribution is -2.50. The van der Waals surface area contributed by atoms with Gasteiger partial charge in [-0.2, -0.15) is 4.31 Å². The first-order valence-corrected chi connectivity index (χ1v) is 15.3. The summed E-state index contributed by atoms with van der Waals surface area (Å²) >= 11 is 1.30. The lowest BCUT2D eigenvalue weighted by molar-refractivity contribution is 0.0701. The number of hydrogen-bond donors (Lipinski definition) is 2. The Hall–Kier alpha value is -3.00. The normalized spacial score (nSPS) is 15.1. The molecular weight excluding hydrogens is 524 g/mol. The highest BCUT2D eigenvalue weighted by Crippen LogP contribution is 2.36. The van der Waals surface area contributed by atoms with Gasteiger partial charge < -0.3 is 10.2 Å². The fourth-order valence-corrected chi connectivity index (χ4v) is 7.26. The maximum absolute atomic E-state index is 13.5. The first-order chi connectivity index (χ1) is 17.0. The van der Waals surface area contributed by atoms with E-state index in [9.17, 15) is 26.4 Å². The molecule has 1 aliphatic rings. The number of hydrogen-bond acceptors (Lipinski definition) is 7. The van der Waals surface area contributed by atoms with Crippen LogP contribution in [-0.2, 0) is 19.9 Å². The zero-order valence-corrected chi connectivity index (χ0v) is 22.2. The van der Waals surface area contributed by atoms with Crippen LogP contribution in [0.15, 0.2) is 58.3 Å². The van der Waals surface area contributed by atoms with Gasteiger partial charge in [-0.15, -0.1) is 11.3 Å². The molecule has 2 aromatic carbocycles. The number of sulfonamides is 1. The van der Waals surface area contributed by atoms with E-state index in [0.717, 1.165) is 17.0 Å². The van der Waals surface area contributed by atoms with Gasteiger partial charge in [-0.05, 0) is 31.2 Å². The van der Waals surface area contributed by atoms with Crippen LogP contribution >= 0.6 is 11.3 Å². The largest absolute Gasteiger partial charge is 0.338 e. The van der Waals surface area contributed by atoms with Crippen molar-refractivity contribution in [1.29, 1.82) is 0 Å². The topological polar surface area (TPSA) is 133 Å². The average Bonchev–Trinajstić information content (AvgIpc) is 3.21. The number of nitrogens with zero attached hydrogens (tertiary/aromatic N) is 2. The second-order valence-corrected chi connectivity index (χ2v) is 13.2. The number of anilines is 1. The Kier molecular flexibility index (Phi) is 7.36. The number of thiophene rings is 1. The van der Waals surface area contributed by atoms with E-state index in [1.165, 1.54) is 33.8 Å². The minimum absolute atomic E-state index is 0.0539. The van der Waals surface area contributed by atoms with E-state index in [1.54, 1.807) is 11.8 Å². The van der Waals surface area contributed by atoms with Crippen molar-refractivity contribution in [2.75, 3.05) is 44.3 Å².